The Hall–Kier alpha value is -1.97. The summed E-state index contributed by atoms with van der Waals surface area (Å²) in [6.45, 7) is 0. The van der Waals surface area contributed by atoms with Crippen LogP contribution in [0, 0.1) is 0 Å². The van der Waals surface area contributed by atoms with Crippen LogP contribution in [0.25, 0.3) is 10.8 Å². The van der Waals surface area contributed by atoms with E-state index in [0.29, 0.717) is 5.02 Å². The average Bonchev–Trinajstić information content (AvgIpc) is 2.55. The molecule has 22 heavy (non-hydrogen) atoms. The minimum absolute atomic E-state index is 0.0103. The van der Waals surface area contributed by atoms with E-state index in [9.17, 15) is 4.79 Å². The van der Waals surface area contributed by atoms with Gasteiger partial charge >= 0.3 is 0 Å². The summed E-state index contributed by atoms with van der Waals surface area (Å²) in [6, 6.07) is 19.7. The van der Waals surface area contributed by atoms with Crippen molar-refractivity contribution in [2.45, 2.75) is 10.1 Å². The van der Waals surface area contributed by atoms with Crippen LogP contribution in [0.1, 0.15) is 10.8 Å². The Balaban J connectivity index is 1.79. The largest absolute Gasteiger partial charge is 0.323 e. The fourth-order valence-corrected chi connectivity index (χ4v) is 3.97. The van der Waals surface area contributed by atoms with Crippen molar-refractivity contribution in [1.29, 1.82) is 0 Å². The zero-order valence-electron chi connectivity index (χ0n) is 11.5. The summed E-state index contributed by atoms with van der Waals surface area (Å²) in [7, 11) is 0. The van der Waals surface area contributed by atoms with E-state index in [1.54, 1.807) is 11.8 Å². The molecule has 108 valence electrons. The Bertz CT molecular complexity index is 876. The second-order valence-corrected chi connectivity index (χ2v) is 6.78. The number of carbonyl (C=O) groups is 1. The first-order valence-corrected chi connectivity index (χ1v) is 8.23. The van der Waals surface area contributed by atoms with E-state index in [1.807, 2.05) is 42.5 Å². The van der Waals surface area contributed by atoms with E-state index < -0.39 is 0 Å². The number of nitrogens with one attached hydrogen (secondary N) is 1. The summed E-state index contributed by atoms with van der Waals surface area (Å²) in [4.78, 5) is 13.6. The number of halogens is 1. The quantitative estimate of drug-likeness (QED) is 0.659. The number of rotatable bonds is 1. The van der Waals surface area contributed by atoms with Crippen molar-refractivity contribution in [2.75, 3.05) is 5.32 Å². The summed E-state index contributed by atoms with van der Waals surface area (Å²) in [6.07, 6.45) is 0. The monoisotopic (exact) mass is 325 g/mol. The first-order valence-electron chi connectivity index (χ1n) is 6.97. The van der Waals surface area contributed by atoms with Gasteiger partial charge < -0.3 is 5.32 Å². The number of anilines is 1. The third kappa shape index (κ3) is 2.27. The summed E-state index contributed by atoms with van der Waals surface area (Å²) >= 11 is 7.51. The highest BCUT2D eigenvalue weighted by Crippen LogP contribution is 2.46. The summed E-state index contributed by atoms with van der Waals surface area (Å²) in [5, 5.41) is 5.72. The van der Waals surface area contributed by atoms with Gasteiger partial charge in [0.1, 0.15) is 5.25 Å². The molecule has 0 fully saturated rings. The highest BCUT2D eigenvalue weighted by Gasteiger charge is 2.29. The van der Waals surface area contributed by atoms with Gasteiger partial charge in [-0.3, -0.25) is 4.79 Å². The van der Waals surface area contributed by atoms with E-state index in [4.69, 9.17) is 11.6 Å². The van der Waals surface area contributed by atoms with Gasteiger partial charge in [-0.2, -0.15) is 0 Å². The van der Waals surface area contributed by atoms with Crippen molar-refractivity contribution in [3.05, 3.63) is 71.2 Å². The number of hydrogen-bond acceptors (Lipinski definition) is 2. The number of benzene rings is 3. The zero-order chi connectivity index (χ0) is 15.1. The summed E-state index contributed by atoms with van der Waals surface area (Å²) in [5.74, 6) is 0.0103. The third-order valence-electron chi connectivity index (χ3n) is 3.79. The molecule has 0 spiro atoms. The van der Waals surface area contributed by atoms with Gasteiger partial charge in [0, 0.05) is 15.3 Å². The molecule has 1 unspecified atom stereocenters. The highest BCUT2D eigenvalue weighted by molar-refractivity contribution is 8.00. The fraction of sp³-hybridized carbons (Fsp3) is 0.0556. The SMILES string of the molecule is O=C1Nc2c(ccc3ccccc23)SC1c1ccc(Cl)cc1. The normalized spacial score (nSPS) is 17.1. The molecule has 4 heteroatoms. The molecule has 0 bridgehead atoms. The van der Waals surface area contributed by atoms with Crippen LogP contribution in [0.5, 0.6) is 0 Å². The van der Waals surface area contributed by atoms with Crippen molar-refractivity contribution in [1.82, 2.24) is 0 Å². The smallest absolute Gasteiger partial charge is 0.242 e. The maximum absolute atomic E-state index is 12.5. The molecule has 1 aliphatic heterocycles. The minimum Gasteiger partial charge on any atom is -0.323 e. The molecule has 3 aromatic rings. The predicted molar refractivity (Wildman–Crippen MR) is 92.6 cm³/mol. The Morgan fingerprint density at radius 2 is 1.73 bits per heavy atom. The first-order chi connectivity index (χ1) is 10.7. The maximum atomic E-state index is 12.5. The average molecular weight is 326 g/mol. The number of thioether (sulfide) groups is 1. The van der Waals surface area contributed by atoms with Crippen LogP contribution in [0.3, 0.4) is 0 Å². The number of carbonyl (C=O) groups excluding carboxylic acids is 1. The lowest BCUT2D eigenvalue weighted by Gasteiger charge is -2.25. The van der Waals surface area contributed by atoms with Crippen molar-refractivity contribution in [3.63, 3.8) is 0 Å². The van der Waals surface area contributed by atoms with Crippen molar-refractivity contribution in [2.24, 2.45) is 0 Å². The molecule has 2 nitrogen and oxygen atoms in total. The molecule has 0 saturated carbocycles. The second kappa shape index (κ2) is 5.34. The van der Waals surface area contributed by atoms with E-state index in [0.717, 1.165) is 26.9 Å². The van der Waals surface area contributed by atoms with Crippen LogP contribution in [0.15, 0.2) is 65.6 Å². The number of fused-ring (bicyclic) bond motifs is 3. The molecule has 0 aliphatic carbocycles. The molecular formula is C18H12ClNOS. The van der Waals surface area contributed by atoms with E-state index in [-0.39, 0.29) is 11.2 Å². The molecular weight excluding hydrogens is 314 g/mol. The predicted octanol–water partition coefficient (Wildman–Crippen LogP) is 5.28. The number of hydrogen-bond donors (Lipinski definition) is 1. The van der Waals surface area contributed by atoms with Gasteiger partial charge in [0.2, 0.25) is 5.91 Å². The van der Waals surface area contributed by atoms with Gasteiger partial charge in [-0.05, 0) is 29.1 Å². The van der Waals surface area contributed by atoms with Crippen molar-refractivity contribution >= 4 is 45.7 Å². The first kappa shape index (κ1) is 13.7. The van der Waals surface area contributed by atoms with Gasteiger partial charge in [0.25, 0.3) is 0 Å². The standard InChI is InChI=1S/C18H12ClNOS/c19-13-8-5-12(6-9-13)17-18(21)20-16-14-4-2-1-3-11(14)7-10-15(16)22-17/h1-10,17H,(H,20,21). The lowest BCUT2D eigenvalue weighted by Crippen LogP contribution is -2.23. The molecule has 1 N–H and O–H groups in total. The molecule has 1 heterocycles. The lowest BCUT2D eigenvalue weighted by molar-refractivity contribution is -0.115. The van der Waals surface area contributed by atoms with Crippen LogP contribution in [-0.2, 0) is 4.79 Å². The highest BCUT2D eigenvalue weighted by atomic mass is 35.5. The fourth-order valence-electron chi connectivity index (χ4n) is 2.70. The van der Waals surface area contributed by atoms with Crippen LogP contribution in [0.4, 0.5) is 5.69 Å². The molecule has 0 aromatic heterocycles. The van der Waals surface area contributed by atoms with Gasteiger partial charge in [-0.25, -0.2) is 0 Å². The summed E-state index contributed by atoms with van der Waals surface area (Å²) < 4.78 is 0. The molecule has 4 rings (SSSR count). The van der Waals surface area contributed by atoms with Crippen LogP contribution < -0.4 is 5.32 Å². The Morgan fingerprint density at radius 3 is 2.55 bits per heavy atom. The third-order valence-corrected chi connectivity index (χ3v) is 5.36. The molecule has 0 radical (unpaired) electrons. The minimum atomic E-state index is -0.245. The number of amides is 1. The van der Waals surface area contributed by atoms with Crippen LogP contribution in [0.2, 0.25) is 5.02 Å². The Morgan fingerprint density at radius 1 is 0.955 bits per heavy atom. The topological polar surface area (TPSA) is 29.1 Å². The zero-order valence-corrected chi connectivity index (χ0v) is 13.1. The second-order valence-electron chi connectivity index (χ2n) is 5.20. The molecule has 0 saturated heterocycles. The van der Waals surface area contributed by atoms with Crippen molar-refractivity contribution < 1.29 is 4.79 Å². The van der Waals surface area contributed by atoms with Gasteiger partial charge in [-0.1, -0.05) is 54.1 Å². The summed E-state index contributed by atoms with van der Waals surface area (Å²) in [5.41, 5.74) is 1.88. The van der Waals surface area contributed by atoms with Gasteiger partial charge in [-0.15, -0.1) is 11.8 Å². The van der Waals surface area contributed by atoms with E-state index in [2.05, 4.69) is 23.5 Å². The van der Waals surface area contributed by atoms with Gasteiger partial charge in [0.05, 0.1) is 5.69 Å². The van der Waals surface area contributed by atoms with E-state index in [1.165, 1.54) is 0 Å². The molecule has 1 amide bonds. The lowest BCUT2D eigenvalue weighted by atomic mass is 10.1. The van der Waals surface area contributed by atoms with Crippen molar-refractivity contribution in [3.8, 4) is 0 Å². The van der Waals surface area contributed by atoms with Crippen LogP contribution >= 0.6 is 23.4 Å². The molecule has 1 atom stereocenters. The Labute approximate surface area is 137 Å². The van der Waals surface area contributed by atoms with Crippen LogP contribution in [-0.4, -0.2) is 5.91 Å². The molecule has 3 aromatic carbocycles. The Kier molecular flexibility index (Phi) is 3.32. The van der Waals surface area contributed by atoms with Gasteiger partial charge in [0.15, 0.2) is 0 Å². The van der Waals surface area contributed by atoms with E-state index >= 15 is 0 Å². The molecule has 1 aliphatic rings. The maximum Gasteiger partial charge on any atom is 0.242 e.